The third kappa shape index (κ3) is 4.74. The molecule has 2 aromatic heterocycles. The van der Waals surface area contributed by atoms with Crippen molar-refractivity contribution in [2.75, 3.05) is 16.8 Å². The van der Waals surface area contributed by atoms with Gasteiger partial charge in [0.05, 0.1) is 24.3 Å². The van der Waals surface area contributed by atoms with Gasteiger partial charge in [-0.25, -0.2) is 15.0 Å². The smallest absolute Gasteiger partial charge is 0.295 e. The molecule has 3 aromatic rings. The van der Waals surface area contributed by atoms with Crippen molar-refractivity contribution in [3.63, 3.8) is 0 Å². The van der Waals surface area contributed by atoms with Crippen molar-refractivity contribution >= 4 is 17.6 Å². The lowest BCUT2D eigenvalue weighted by atomic mass is 9.89. The predicted molar refractivity (Wildman–Crippen MR) is 138 cm³/mol. The number of carbonyl (C=O) groups excluding carboxylic acids is 1. The number of primary amides is 1. The maximum absolute atomic E-state index is 11.5. The second-order valence-electron chi connectivity index (χ2n) is 10.3. The van der Waals surface area contributed by atoms with E-state index in [1.165, 1.54) is 12.8 Å². The molecular weight excluding hydrogens is 468 g/mol. The van der Waals surface area contributed by atoms with Crippen LogP contribution in [0.25, 0.3) is 11.3 Å². The molecule has 10 heteroatoms. The number of hydrogen-bond donors (Lipinski definition) is 3. The SMILES string of the molecule is N#Cc1ncc(N2C[C@@H]3C[C@H](N[C@@H]4CCCC[C@H]4Nc4ncc(-c5cccc(C(N)=O)c5)o4)[C@H]2C3)cn1. The molecule has 0 unspecified atom stereocenters. The highest BCUT2D eigenvalue weighted by molar-refractivity contribution is 5.93. The van der Waals surface area contributed by atoms with Gasteiger partial charge in [-0.3, -0.25) is 4.79 Å². The third-order valence-corrected chi connectivity index (χ3v) is 7.99. The molecule has 4 N–H and O–H groups in total. The minimum atomic E-state index is -0.471. The van der Waals surface area contributed by atoms with Gasteiger partial charge in [-0.2, -0.15) is 5.26 Å². The van der Waals surface area contributed by atoms with E-state index in [2.05, 4.69) is 30.5 Å². The molecule has 190 valence electrons. The molecule has 37 heavy (non-hydrogen) atoms. The fourth-order valence-corrected chi connectivity index (χ4v) is 6.27. The monoisotopic (exact) mass is 498 g/mol. The number of nitriles is 1. The normalized spacial score (nSPS) is 26.7. The Hall–Kier alpha value is -3.97. The Morgan fingerprint density at radius 1 is 1.08 bits per heavy atom. The fourth-order valence-electron chi connectivity index (χ4n) is 6.27. The zero-order chi connectivity index (χ0) is 25.4. The average Bonchev–Trinajstić information content (AvgIpc) is 3.66. The molecule has 1 amide bonds. The Bertz CT molecular complexity index is 1320. The Labute approximate surface area is 215 Å². The largest absolute Gasteiger partial charge is 0.424 e. The predicted octanol–water partition coefficient (Wildman–Crippen LogP) is 3.08. The number of benzene rings is 1. The lowest BCUT2D eigenvalue weighted by Crippen LogP contribution is -2.56. The standard InChI is InChI=1S/C27H30N8O2/c28-11-25-30-12-19(13-31-25)35-15-16-8-22(23(35)9-16)33-20-6-1-2-7-21(20)34-27-32-14-24(37-27)17-4-3-5-18(10-17)26(29)36/h3-5,10,12-14,16,20-23,33H,1-2,6-9,15H2,(H2,29,36)(H,32,34)/t16-,20-,21-,22+,23-/m1/s1. The first-order chi connectivity index (χ1) is 18.1. The number of nitrogens with one attached hydrogen (secondary N) is 2. The molecule has 0 radical (unpaired) electrons. The number of oxazole rings is 1. The summed E-state index contributed by atoms with van der Waals surface area (Å²) < 4.78 is 6.02. The molecule has 3 fully saturated rings. The van der Waals surface area contributed by atoms with Gasteiger partial charge in [0.2, 0.25) is 11.7 Å². The molecule has 10 nitrogen and oxygen atoms in total. The van der Waals surface area contributed by atoms with Crippen LogP contribution in [0.4, 0.5) is 11.7 Å². The van der Waals surface area contributed by atoms with Gasteiger partial charge in [0.15, 0.2) is 5.76 Å². The quantitative estimate of drug-likeness (QED) is 0.447. The van der Waals surface area contributed by atoms with Crippen molar-refractivity contribution < 1.29 is 9.21 Å². The molecule has 5 atom stereocenters. The van der Waals surface area contributed by atoms with Gasteiger partial charge in [-0.1, -0.05) is 25.0 Å². The van der Waals surface area contributed by atoms with E-state index in [-0.39, 0.29) is 11.9 Å². The Morgan fingerprint density at radius 2 is 1.89 bits per heavy atom. The Kier molecular flexibility index (Phi) is 6.22. The molecule has 6 rings (SSSR count). The molecule has 2 saturated carbocycles. The second kappa shape index (κ2) is 9.82. The van der Waals surface area contributed by atoms with Crippen molar-refractivity contribution in [2.45, 2.75) is 62.7 Å². The van der Waals surface area contributed by atoms with Gasteiger partial charge in [0.25, 0.3) is 6.01 Å². The van der Waals surface area contributed by atoms with Crippen LogP contribution in [-0.4, -0.2) is 51.6 Å². The van der Waals surface area contributed by atoms with Crippen LogP contribution in [0, 0.1) is 17.2 Å². The molecule has 2 aliphatic carbocycles. The lowest BCUT2D eigenvalue weighted by Gasteiger charge is -2.40. The zero-order valence-corrected chi connectivity index (χ0v) is 20.5. The summed E-state index contributed by atoms with van der Waals surface area (Å²) in [7, 11) is 0. The average molecular weight is 499 g/mol. The molecule has 1 aromatic carbocycles. The number of hydrogen-bond acceptors (Lipinski definition) is 9. The van der Waals surface area contributed by atoms with Crippen LogP contribution in [-0.2, 0) is 0 Å². The topological polar surface area (TPSA) is 146 Å². The maximum Gasteiger partial charge on any atom is 0.295 e. The summed E-state index contributed by atoms with van der Waals surface area (Å²) in [6.45, 7) is 1.01. The van der Waals surface area contributed by atoms with E-state index in [0.717, 1.165) is 43.5 Å². The van der Waals surface area contributed by atoms with Gasteiger partial charge >= 0.3 is 0 Å². The summed E-state index contributed by atoms with van der Waals surface area (Å²) in [5.74, 6) is 0.980. The van der Waals surface area contributed by atoms with Crippen LogP contribution in [0.1, 0.15) is 54.7 Å². The first kappa shape index (κ1) is 23.4. The van der Waals surface area contributed by atoms with Gasteiger partial charge < -0.3 is 25.7 Å². The van der Waals surface area contributed by atoms with E-state index in [1.807, 2.05) is 12.1 Å². The number of carbonyl (C=O) groups is 1. The van der Waals surface area contributed by atoms with E-state index in [1.54, 1.807) is 36.8 Å². The summed E-state index contributed by atoms with van der Waals surface area (Å²) in [6.07, 6.45) is 12.1. The summed E-state index contributed by atoms with van der Waals surface area (Å²) in [6, 6.07) is 10.9. The number of piperidine rings is 1. The lowest BCUT2D eigenvalue weighted by molar-refractivity contribution is 0.100. The van der Waals surface area contributed by atoms with E-state index in [0.29, 0.717) is 41.4 Å². The summed E-state index contributed by atoms with van der Waals surface area (Å²) in [5.41, 5.74) is 7.62. The number of fused-ring (bicyclic) bond motifs is 2. The number of aromatic nitrogens is 3. The minimum absolute atomic E-state index is 0.203. The van der Waals surface area contributed by atoms with Crippen molar-refractivity contribution in [1.82, 2.24) is 20.3 Å². The summed E-state index contributed by atoms with van der Waals surface area (Å²) in [5, 5.41) is 16.5. The molecule has 3 aliphatic rings. The molecule has 1 saturated heterocycles. The Balaban J connectivity index is 1.13. The van der Waals surface area contributed by atoms with Gasteiger partial charge in [0, 0.05) is 41.8 Å². The van der Waals surface area contributed by atoms with Crippen LogP contribution >= 0.6 is 0 Å². The van der Waals surface area contributed by atoms with E-state index >= 15 is 0 Å². The number of amides is 1. The highest BCUT2D eigenvalue weighted by Gasteiger charge is 2.46. The fraction of sp³-hybridized carbons (Fsp3) is 0.444. The van der Waals surface area contributed by atoms with Gasteiger partial charge in [-0.15, -0.1) is 0 Å². The van der Waals surface area contributed by atoms with Crippen molar-refractivity contribution in [3.05, 3.63) is 54.2 Å². The number of nitrogens with zero attached hydrogens (tertiary/aromatic N) is 5. The molecule has 3 heterocycles. The van der Waals surface area contributed by atoms with Crippen molar-refractivity contribution in [1.29, 1.82) is 5.26 Å². The van der Waals surface area contributed by atoms with Gasteiger partial charge in [-0.05, 0) is 43.7 Å². The molecule has 1 aliphatic heterocycles. The summed E-state index contributed by atoms with van der Waals surface area (Å²) >= 11 is 0. The van der Waals surface area contributed by atoms with E-state index < -0.39 is 5.91 Å². The number of rotatable bonds is 7. The number of nitrogens with two attached hydrogens (primary N) is 1. The summed E-state index contributed by atoms with van der Waals surface area (Å²) in [4.78, 5) is 26.8. The number of anilines is 2. The van der Waals surface area contributed by atoms with Crippen LogP contribution in [0.2, 0.25) is 0 Å². The Morgan fingerprint density at radius 3 is 2.65 bits per heavy atom. The second-order valence-corrected chi connectivity index (χ2v) is 10.3. The molecular formula is C27H30N8O2. The maximum atomic E-state index is 11.5. The van der Waals surface area contributed by atoms with Crippen LogP contribution in [0.5, 0.6) is 0 Å². The van der Waals surface area contributed by atoms with Crippen LogP contribution in [0.3, 0.4) is 0 Å². The van der Waals surface area contributed by atoms with Gasteiger partial charge in [0.1, 0.15) is 6.07 Å². The first-order valence-corrected chi connectivity index (χ1v) is 12.9. The van der Waals surface area contributed by atoms with E-state index in [9.17, 15) is 4.79 Å². The molecule has 0 spiro atoms. The highest BCUT2D eigenvalue weighted by atomic mass is 16.4. The van der Waals surface area contributed by atoms with Crippen molar-refractivity contribution in [2.24, 2.45) is 11.7 Å². The first-order valence-electron chi connectivity index (χ1n) is 12.9. The van der Waals surface area contributed by atoms with E-state index in [4.69, 9.17) is 15.4 Å². The van der Waals surface area contributed by atoms with Crippen molar-refractivity contribution in [3.8, 4) is 17.4 Å². The zero-order valence-electron chi connectivity index (χ0n) is 20.5. The van der Waals surface area contributed by atoms with Crippen LogP contribution in [0.15, 0.2) is 47.3 Å². The third-order valence-electron chi connectivity index (χ3n) is 7.99. The highest BCUT2D eigenvalue weighted by Crippen LogP contribution is 2.41. The molecule has 2 bridgehead atoms. The minimum Gasteiger partial charge on any atom is -0.424 e. The van der Waals surface area contributed by atoms with Crippen LogP contribution < -0.4 is 21.3 Å².